The fraction of sp³-hybridized carbons (Fsp3) is 0.667. The maximum atomic E-state index is 9.19. The second-order valence-corrected chi connectivity index (χ2v) is 5.17. The van der Waals surface area contributed by atoms with E-state index in [1.807, 2.05) is 18.4 Å². The van der Waals surface area contributed by atoms with E-state index in [0.717, 1.165) is 12.2 Å². The van der Waals surface area contributed by atoms with E-state index in [-0.39, 0.29) is 11.9 Å². The van der Waals surface area contributed by atoms with Crippen LogP contribution in [-0.4, -0.2) is 35.3 Å². The van der Waals surface area contributed by atoms with Gasteiger partial charge in [0, 0.05) is 23.8 Å². The molecule has 0 amide bonds. The molecule has 3 unspecified atom stereocenters. The molecule has 0 radical (unpaired) electrons. The van der Waals surface area contributed by atoms with E-state index in [2.05, 4.69) is 19.2 Å². The third-order valence-electron chi connectivity index (χ3n) is 2.68. The van der Waals surface area contributed by atoms with Crippen molar-refractivity contribution in [2.45, 2.75) is 37.6 Å². The van der Waals surface area contributed by atoms with E-state index in [9.17, 15) is 5.11 Å². The van der Waals surface area contributed by atoms with Crippen molar-refractivity contribution in [1.82, 2.24) is 5.32 Å². The van der Waals surface area contributed by atoms with E-state index in [0.29, 0.717) is 12.1 Å². The quantitative estimate of drug-likeness (QED) is 0.768. The molecule has 0 saturated heterocycles. The molecule has 0 spiro atoms. The lowest BCUT2D eigenvalue weighted by molar-refractivity contribution is 0.270. The summed E-state index contributed by atoms with van der Waals surface area (Å²) in [5.74, 6) is 0.997. The Hall–Kier alpha value is -0.450. The van der Waals surface area contributed by atoms with Gasteiger partial charge in [0.05, 0.1) is 12.9 Å². The van der Waals surface area contributed by atoms with E-state index < -0.39 is 0 Å². The Morgan fingerprint density at radius 1 is 1.50 bits per heavy atom. The van der Waals surface area contributed by atoms with Gasteiger partial charge in [-0.05, 0) is 32.2 Å². The SMILES string of the molecule is CSC(CO)C(C)NC(C)Cc1ccco1. The normalized spacial score (nSPS) is 17.0. The third-order valence-corrected chi connectivity index (χ3v) is 3.84. The Balaban J connectivity index is 2.35. The van der Waals surface area contributed by atoms with Crippen LogP contribution in [-0.2, 0) is 6.42 Å². The van der Waals surface area contributed by atoms with Crippen LogP contribution in [0.15, 0.2) is 22.8 Å². The zero-order valence-corrected chi connectivity index (χ0v) is 11.0. The minimum absolute atomic E-state index is 0.211. The molecule has 3 nitrogen and oxygen atoms in total. The maximum Gasteiger partial charge on any atom is 0.105 e. The van der Waals surface area contributed by atoms with Gasteiger partial charge in [-0.15, -0.1) is 0 Å². The molecule has 0 bridgehead atoms. The smallest absolute Gasteiger partial charge is 0.105 e. The van der Waals surface area contributed by atoms with Crippen LogP contribution in [0.3, 0.4) is 0 Å². The fourth-order valence-corrected chi connectivity index (χ4v) is 2.42. The summed E-state index contributed by atoms with van der Waals surface area (Å²) in [5, 5.41) is 12.9. The van der Waals surface area contributed by atoms with Gasteiger partial charge in [-0.2, -0.15) is 11.8 Å². The summed E-state index contributed by atoms with van der Waals surface area (Å²) in [6, 6.07) is 4.54. The van der Waals surface area contributed by atoms with Gasteiger partial charge in [-0.25, -0.2) is 0 Å². The highest BCUT2D eigenvalue weighted by atomic mass is 32.2. The number of hydrogen-bond acceptors (Lipinski definition) is 4. The first kappa shape index (κ1) is 13.6. The Morgan fingerprint density at radius 2 is 2.25 bits per heavy atom. The summed E-state index contributed by atoms with van der Waals surface area (Å²) in [6.45, 7) is 4.45. The van der Waals surface area contributed by atoms with Gasteiger partial charge in [0.2, 0.25) is 0 Å². The minimum Gasteiger partial charge on any atom is -0.469 e. The summed E-state index contributed by atoms with van der Waals surface area (Å²) in [7, 11) is 0. The molecule has 1 aromatic heterocycles. The Kier molecular flexibility index (Phi) is 5.95. The van der Waals surface area contributed by atoms with Crippen LogP contribution in [0, 0.1) is 0 Å². The van der Waals surface area contributed by atoms with Crippen molar-refractivity contribution in [3.05, 3.63) is 24.2 Å². The van der Waals surface area contributed by atoms with E-state index >= 15 is 0 Å². The van der Waals surface area contributed by atoms with Crippen molar-refractivity contribution < 1.29 is 9.52 Å². The zero-order chi connectivity index (χ0) is 12.0. The Morgan fingerprint density at radius 3 is 2.75 bits per heavy atom. The van der Waals surface area contributed by atoms with Crippen molar-refractivity contribution >= 4 is 11.8 Å². The summed E-state index contributed by atoms with van der Waals surface area (Å²) in [4.78, 5) is 0. The van der Waals surface area contributed by atoms with E-state index in [4.69, 9.17) is 4.42 Å². The highest BCUT2D eigenvalue weighted by Gasteiger charge is 2.17. The molecule has 92 valence electrons. The topological polar surface area (TPSA) is 45.4 Å². The lowest BCUT2D eigenvalue weighted by atomic mass is 10.1. The first-order valence-electron chi connectivity index (χ1n) is 5.59. The molecule has 0 fully saturated rings. The van der Waals surface area contributed by atoms with Crippen LogP contribution in [0.2, 0.25) is 0 Å². The van der Waals surface area contributed by atoms with Gasteiger partial charge >= 0.3 is 0 Å². The summed E-state index contributed by atoms with van der Waals surface area (Å²) in [6.07, 6.45) is 4.60. The molecule has 0 aliphatic carbocycles. The largest absolute Gasteiger partial charge is 0.469 e. The van der Waals surface area contributed by atoms with Gasteiger partial charge in [0.25, 0.3) is 0 Å². The molecule has 1 rings (SSSR count). The summed E-state index contributed by atoms with van der Waals surface area (Å²) < 4.78 is 5.30. The monoisotopic (exact) mass is 243 g/mol. The van der Waals surface area contributed by atoms with Crippen molar-refractivity contribution in [2.75, 3.05) is 12.9 Å². The molecule has 0 saturated carbocycles. The molecular weight excluding hydrogens is 222 g/mol. The van der Waals surface area contributed by atoms with Crippen LogP contribution in [0.25, 0.3) is 0 Å². The Labute approximate surface area is 102 Å². The number of nitrogens with one attached hydrogen (secondary N) is 1. The molecule has 0 aliphatic heterocycles. The third kappa shape index (κ3) is 4.20. The summed E-state index contributed by atoms with van der Waals surface area (Å²) in [5.41, 5.74) is 0. The molecule has 16 heavy (non-hydrogen) atoms. The van der Waals surface area contributed by atoms with Crippen molar-refractivity contribution in [2.24, 2.45) is 0 Å². The molecule has 0 aliphatic rings. The van der Waals surface area contributed by atoms with Crippen LogP contribution < -0.4 is 5.32 Å². The molecule has 1 aromatic rings. The van der Waals surface area contributed by atoms with E-state index in [1.54, 1.807) is 18.0 Å². The van der Waals surface area contributed by atoms with Crippen molar-refractivity contribution in [3.63, 3.8) is 0 Å². The first-order chi connectivity index (χ1) is 7.67. The molecule has 2 N–H and O–H groups in total. The average Bonchev–Trinajstić information content (AvgIpc) is 2.71. The Bertz CT molecular complexity index is 273. The molecule has 3 atom stereocenters. The predicted molar refractivity (Wildman–Crippen MR) is 68.9 cm³/mol. The second-order valence-electron chi connectivity index (χ2n) is 4.10. The van der Waals surface area contributed by atoms with Gasteiger partial charge < -0.3 is 14.8 Å². The van der Waals surface area contributed by atoms with Crippen LogP contribution in [0.5, 0.6) is 0 Å². The molecule has 0 aromatic carbocycles. The van der Waals surface area contributed by atoms with Crippen molar-refractivity contribution in [3.8, 4) is 0 Å². The number of aliphatic hydroxyl groups excluding tert-OH is 1. The van der Waals surface area contributed by atoms with Gasteiger partial charge in [-0.3, -0.25) is 0 Å². The second kappa shape index (κ2) is 6.99. The first-order valence-corrected chi connectivity index (χ1v) is 6.88. The standard InChI is InChI=1S/C12H21NO2S/c1-9(7-11-5-4-6-15-11)13-10(2)12(8-14)16-3/h4-6,9-10,12-14H,7-8H2,1-3H3. The predicted octanol–water partition coefficient (Wildman–Crippen LogP) is 1.91. The van der Waals surface area contributed by atoms with Crippen LogP contribution in [0.4, 0.5) is 0 Å². The van der Waals surface area contributed by atoms with E-state index in [1.165, 1.54) is 0 Å². The minimum atomic E-state index is 0.211. The highest BCUT2D eigenvalue weighted by molar-refractivity contribution is 7.99. The lowest BCUT2D eigenvalue weighted by Gasteiger charge is -2.25. The molecular formula is C12H21NO2S. The molecule has 1 heterocycles. The zero-order valence-electron chi connectivity index (χ0n) is 10.1. The van der Waals surface area contributed by atoms with Gasteiger partial charge in [-0.1, -0.05) is 0 Å². The summed E-state index contributed by atoms with van der Waals surface area (Å²) >= 11 is 1.69. The number of hydrogen-bond donors (Lipinski definition) is 2. The highest BCUT2D eigenvalue weighted by Crippen LogP contribution is 2.12. The number of aliphatic hydroxyl groups is 1. The maximum absolute atomic E-state index is 9.19. The van der Waals surface area contributed by atoms with Gasteiger partial charge in [0.15, 0.2) is 0 Å². The molecule has 4 heteroatoms. The number of furan rings is 1. The average molecular weight is 243 g/mol. The number of rotatable bonds is 7. The number of thioether (sulfide) groups is 1. The van der Waals surface area contributed by atoms with Crippen LogP contribution >= 0.6 is 11.8 Å². The van der Waals surface area contributed by atoms with Gasteiger partial charge in [0.1, 0.15) is 5.76 Å². The fourth-order valence-electron chi connectivity index (χ4n) is 1.78. The van der Waals surface area contributed by atoms with Crippen molar-refractivity contribution in [1.29, 1.82) is 0 Å². The lowest BCUT2D eigenvalue weighted by Crippen LogP contribution is -2.43. The van der Waals surface area contributed by atoms with Crippen LogP contribution in [0.1, 0.15) is 19.6 Å².